The topological polar surface area (TPSA) is 72.7 Å². The maximum absolute atomic E-state index is 13.1. The third kappa shape index (κ3) is 5.87. The van der Waals surface area contributed by atoms with Crippen LogP contribution in [0.25, 0.3) is 0 Å². The van der Waals surface area contributed by atoms with Crippen LogP contribution < -0.4 is 0 Å². The number of carbonyl (C=O) groups is 1. The van der Waals surface area contributed by atoms with Gasteiger partial charge in [-0.3, -0.25) is 19.4 Å². The van der Waals surface area contributed by atoms with Crippen molar-refractivity contribution in [2.75, 3.05) is 39.4 Å². The number of amides is 1. The Morgan fingerprint density at radius 3 is 2.83 bits per heavy atom. The number of carbonyl (C=O) groups excluding carboxylic acids is 1. The number of ether oxygens (including phenoxy) is 2. The molecule has 4 rings (SSSR count). The number of aromatic nitrogens is 3. The first-order chi connectivity index (χ1) is 14.7. The highest BCUT2D eigenvalue weighted by atomic mass is 16.5. The van der Waals surface area contributed by atoms with Crippen LogP contribution in [0.5, 0.6) is 0 Å². The minimum Gasteiger partial charge on any atom is -0.381 e. The summed E-state index contributed by atoms with van der Waals surface area (Å²) in [6.07, 6.45) is 7.61. The summed E-state index contributed by atoms with van der Waals surface area (Å²) in [7, 11) is 1.91. The zero-order valence-corrected chi connectivity index (χ0v) is 17.7. The molecule has 30 heavy (non-hydrogen) atoms. The fraction of sp³-hybridized carbons (Fsp3) is 0.591. The van der Waals surface area contributed by atoms with Crippen LogP contribution in [0, 0.1) is 5.92 Å². The molecular weight excluding hydrogens is 382 g/mol. The van der Waals surface area contributed by atoms with Gasteiger partial charge in [-0.05, 0) is 30.9 Å². The van der Waals surface area contributed by atoms with Crippen molar-refractivity contribution in [3.05, 3.63) is 48.0 Å². The molecule has 2 aliphatic rings. The van der Waals surface area contributed by atoms with Gasteiger partial charge in [0.15, 0.2) is 0 Å². The Morgan fingerprint density at radius 2 is 2.10 bits per heavy atom. The maximum atomic E-state index is 13.1. The lowest BCUT2D eigenvalue weighted by molar-refractivity contribution is -0.133. The van der Waals surface area contributed by atoms with Crippen LogP contribution in [0.15, 0.2) is 36.8 Å². The molecule has 162 valence electrons. The van der Waals surface area contributed by atoms with E-state index in [1.165, 1.54) is 0 Å². The lowest BCUT2D eigenvalue weighted by Gasteiger charge is -2.30. The molecule has 0 spiro atoms. The Labute approximate surface area is 177 Å². The minimum atomic E-state index is -0.0602. The standard InChI is InChI=1S/C22H31N5O3/c1-25-11-19(10-24-25)12-26-14-21(30-17-20-4-2-3-7-23-20)15-27(22(28)16-26)13-18-5-8-29-9-6-18/h2-4,7,10-11,18,21H,5-6,8-9,12-17H2,1H3. The van der Waals surface area contributed by atoms with Crippen LogP contribution in [0.4, 0.5) is 0 Å². The predicted octanol–water partition coefficient (Wildman–Crippen LogP) is 1.47. The molecule has 0 saturated carbocycles. The van der Waals surface area contributed by atoms with Crippen LogP contribution in [-0.4, -0.2) is 76.0 Å². The summed E-state index contributed by atoms with van der Waals surface area (Å²) < 4.78 is 13.5. The molecule has 0 bridgehead atoms. The monoisotopic (exact) mass is 413 g/mol. The number of rotatable bonds is 7. The van der Waals surface area contributed by atoms with Gasteiger partial charge in [0.25, 0.3) is 0 Å². The van der Waals surface area contributed by atoms with E-state index in [0.717, 1.165) is 43.9 Å². The van der Waals surface area contributed by atoms with Crippen molar-refractivity contribution in [1.29, 1.82) is 0 Å². The number of pyridine rings is 1. The van der Waals surface area contributed by atoms with Gasteiger partial charge in [-0.1, -0.05) is 6.07 Å². The molecule has 2 fully saturated rings. The Balaban J connectivity index is 1.43. The molecule has 2 saturated heterocycles. The summed E-state index contributed by atoms with van der Waals surface area (Å²) >= 11 is 0. The van der Waals surface area contributed by atoms with Gasteiger partial charge in [-0.2, -0.15) is 5.10 Å². The predicted molar refractivity (Wildman–Crippen MR) is 111 cm³/mol. The normalized spacial score (nSPS) is 21.7. The molecular formula is C22H31N5O3. The molecule has 2 aromatic rings. The third-order valence-electron chi connectivity index (χ3n) is 5.77. The van der Waals surface area contributed by atoms with Crippen molar-refractivity contribution < 1.29 is 14.3 Å². The Hall–Kier alpha value is -2.29. The highest BCUT2D eigenvalue weighted by molar-refractivity contribution is 5.78. The van der Waals surface area contributed by atoms with E-state index in [4.69, 9.17) is 9.47 Å². The van der Waals surface area contributed by atoms with E-state index in [1.807, 2.05) is 42.5 Å². The first-order valence-corrected chi connectivity index (χ1v) is 10.7. The number of nitrogens with zero attached hydrogens (tertiary/aromatic N) is 5. The number of aryl methyl sites for hydroxylation is 1. The van der Waals surface area contributed by atoms with Gasteiger partial charge in [0, 0.05) is 64.4 Å². The van der Waals surface area contributed by atoms with Gasteiger partial charge in [0.1, 0.15) is 0 Å². The molecule has 2 aromatic heterocycles. The second-order valence-electron chi connectivity index (χ2n) is 8.30. The van der Waals surface area contributed by atoms with Crippen molar-refractivity contribution in [3.8, 4) is 0 Å². The molecule has 1 unspecified atom stereocenters. The van der Waals surface area contributed by atoms with E-state index in [1.54, 1.807) is 10.9 Å². The van der Waals surface area contributed by atoms with Crippen molar-refractivity contribution in [2.45, 2.75) is 32.1 Å². The van der Waals surface area contributed by atoms with E-state index >= 15 is 0 Å². The minimum absolute atomic E-state index is 0.0602. The second-order valence-corrected chi connectivity index (χ2v) is 8.30. The second kappa shape index (κ2) is 10.1. The van der Waals surface area contributed by atoms with Gasteiger partial charge in [-0.15, -0.1) is 0 Å². The molecule has 0 aliphatic carbocycles. The van der Waals surface area contributed by atoms with Gasteiger partial charge in [-0.25, -0.2) is 0 Å². The van der Waals surface area contributed by atoms with Crippen LogP contribution in [0.2, 0.25) is 0 Å². The van der Waals surface area contributed by atoms with Gasteiger partial charge in [0.2, 0.25) is 5.91 Å². The first-order valence-electron chi connectivity index (χ1n) is 10.7. The Bertz CT molecular complexity index is 806. The van der Waals surface area contributed by atoms with Gasteiger partial charge in [0.05, 0.1) is 31.1 Å². The number of hydrogen-bond donors (Lipinski definition) is 0. The molecule has 0 aromatic carbocycles. The fourth-order valence-corrected chi connectivity index (χ4v) is 4.19. The molecule has 1 atom stereocenters. The summed E-state index contributed by atoms with van der Waals surface area (Å²) in [6.45, 7) is 5.23. The summed E-state index contributed by atoms with van der Waals surface area (Å²) in [5.41, 5.74) is 2.01. The van der Waals surface area contributed by atoms with E-state index in [-0.39, 0.29) is 12.0 Å². The van der Waals surface area contributed by atoms with Crippen LogP contribution in [0.3, 0.4) is 0 Å². The quantitative estimate of drug-likeness (QED) is 0.685. The molecule has 0 N–H and O–H groups in total. The smallest absolute Gasteiger partial charge is 0.236 e. The first kappa shape index (κ1) is 21.0. The third-order valence-corrected chi connectivity index (χ3v) is 5.77. The van der Waals surface area contributed by atoms with Crippen molar-refractivity contribution >= 4 is 5.91 Å². The van der Waals surface area contributed by atoms with E-state index in [9.17, 15) is 4.79 Å². The maximum Gasteiger partial charge on any atom is 0.236 e. The van der Waals surface area contributed by atoms with Crippen LogP contribution >= 0.6 is 0 Å². The number of hydrogen-bond acceptors (Lipinski definition) is 6. The van der Waals surface area contributed by atoms with E-state index in [0.29, 0.717) is 38.7 Å². The molecule has 0 radical (unpaired) electrons. The average Bonchev–Trinajstić information content (AvgIpc) is 3.10. The summed E-state index contributed by atoms with van der Waals surface area (Å²) in [4.78, 5) is 21.6. The summed E-state index contributed by atoms with van der Waals surface area (Å²) in [6, 6.07) is 5.84. The zero-order valence-electron chi connectivity index (χ0n) is 17.7. The van der Waals surface area contributed by atoms with Crippen molar-refractivity contribution in [2.24, 2.45) is 13.0 Å². The van der Waals surface area contributed by atoms with Crippen LogP contribution in [-0.2, 0) is 34.5 Å². The highest BCUT2D eigenvalue weighted by Crippen LogP contribution is 2.19. The SMILES string of the molecule is Cn1cc(CN2CC(=O)N(CC3CCOCC3)CC(OCc3ccccn3)C2)cn1. The lowest BCUT2D eigenvalue weighted by atomic mass is 9.99. The highest BCUT2D eigenvalue weighted by Gasteiger charge is 2.30. The van der Waals surface area contributed by atoms with Crippen molar-refractivity contribution in [1.82, 2.24) is 24.6 Å². The van der Waals surface area contributed by atoms with Gasteiger partial charge < -0.3 is 14.4 Å². The fourth-order valence-electron chi connectivity index (χ4n) is 4.19. The molecule has 1 amide bonds. The molecule has 2 aliphatic heterocycles. The summed E-state index contributed by atoms with van der Waals surface area (Å²) in [5, 5.41) is 4.26. The van der Waals surface area contributed by atoms with Crippen molar-refractivity contribution in [3.63, 3.8) is 0 Å². The summed E-state index contributed by atoms with van der Waals surface area (Å²) in [5.74, 6) is 0.679. The van der Waals surface area contributed by atoms with E-state index in [2.05, 4.69) is 15.0 Å². The lowest BCUT2D eigenvalue weighted by Crippen LogP contribution is -2.42. The molecule has 8 nitrogen and oxygen atoms in total. The zero-order chi connectivity index (χ0) is 20.8. The Kier molecular flexibility index (Phi) is 7.09. The molecule has 4 heterocycles. The van der Waals surface area contributed by atoms with Gasteiger partial charge >= 0.3 is 0 Å². The Morgan fingerprint density at radius 1 is 1.23 bits per heavy atom. The molecule has 8 heteroatoms. The van der Waals surface area contributed by atoms with E-state index < -0.39 is 0 Å². The largest absolute Gasteiger partial charge is 0.381 e. The van der Waals surface area contributed by atoms with Crippen LogP contribution in [0.1, 0.15) is 24.1 Å². The average molecular weight is 414 g/mol.